The highest BCUT2D eigenvalue weighted by atomic mass is 19.1. The monoisotopic (exact) mass is 346 g/mol. The highest BCUT2D eigenvalue weighted by Gasteiger charge is 2.13. The summed E-state index contributed by atoms with van der Waals surface area (Å²) in [5.74, 6) is -0.570. The van der Waals surface area contributed by atoms with Crippen LogP contribution >= 0.6 is 0 Å². The molecular formula is C22H16F2N2. The lowest BCUT2D eigenvalue weighted by Gasteiger charge is -2.08. The van der Waals surface area contributed by atoms with Crippen molar-refractivity contribution in [1.29, 1.82) is 0 Å². The van der Waals surface area contributed by atoms with Crippen LogP contribution in [0.3, 0.4) is 0 Å². The number of aryl methyl sites for hydroxylation is 1. The van der Waals surface area contributed by atoms with Crippen LogP contribution in [-0.4, -0.2) is 9.78 Å². The van der Waals surface area contributed by atoms with Gasteiger partial charge in [0.25, 0.3) is 0 Å². The van der Waals surface area contributed by atoms with Crippen molar-refractivity contribution in [2.24, 2.45) is 0 Å². The lowest BCUT2D eigenvalue weighted by Crippen LogP contribution is -1.99. The van der Waals surface area contributed by atoms with E-state index in [1.165, 1.54) is 24.3 Å². The molecule has 26 heavy (non-hydrogen) atoms. The van der Waals surface area contributed by atoms with Crippen LogP contribution in [0.1, 0.15) is 5.56 Å². The first-order valence-electron chi connectivity index (χ1n) is 8.29. The average molecular weight is 346 g/mol. The van der Waals surface area contributed by atoms with Gasteiger partial charge in [0.05, 0.1) is 17.1 Å². The summed E-state index contributed by atoms with van der Waals surface area (Å²) >= 11 is 0. The molecule has 0 aliphatic carbocycles. The summed E-state index contributed by atoms with van der Waals surface area (Å²) in [6, 6.07) is 22.5. The molecule has 128 valence electrons. The van der Waals surface area contributed by atoms with Gasteiger partial charge >= 0.3 is 0 Å². The van der Waals surface area contributed by atoms with E-state index in [0.29, 0.717) is 0 Å². The minimum atomic E-state index is -0.287. The summed E-state index contributed by atoms with van der Waals surface area (Å²) in [6.45, 7) is 2.03. The van der Waals surface area contributed by atoms with Crippen molar-refractivity contribution in [3.63, 3.8) is 0 Å². The van der Waals surface area contributed by atoms with Gasteiger partial charge in [0.1, 0.15) is 11.6 Å². The predicted octanol–water partition coefficient (Wildman–Crippen LogP) is 5.79. The second-order valence-electron chi connectivity index (χ2n) is 6.18. The molecule has 1 aromatic heterocycles. The van der Waals surface area contributed by atoms with Crippen molar-refractivity contribution in [2.45, 2.75) is 6.92 Å². The van der Waals surface area contributed by atoms with Gasteiger partial charge in [0.15, 0.2) is 0 Å². The molecule has 0 radical (unpaired) electrons. The Balaban J connectivity index is 1.88. The smallest absolute Gasteiger partial charge is 0.123 e. The average Bonchev–Trinajstić information content (AvgIpc) is 3.09. The maximum absolute atomic E-state index is 13.3. The van der Waals surface area contributed by atoms with Crippen LogP contribution in [0, 0.1) is 18.6 Å². The topological polar surface area (TPSA) is 17.8 Å². The molecule has 0 spiro atoms. The van der Waals surface area contributed by atoms with Gasteiger partial charge in [-0.1, -0.05) is 17.7 Å². The molecule has 0 fully saturated rings. The number of hydrogen-bond donors (Lipinski definition) is 0. The molecule has 0 bridgehead atoms. The van der Waals surface area contributed by atoms with Crippen LogP contribution in [0.15, 0.2) is 78.9 Å². The lowest BCUT2D eigenvalue weighted by atomic mass is 10.1. The Morgan fingerprint density at radius 3 is 1.81 bits per heavy atom. The van der Waals surface area contributed by atoms with Gasteiger partial charge in [-0.05, 0) is 73.7 Å². The maximum atomic E-state index is 13.3. The Bertz CT molecular complexity index is 968. The fourth-order valence-corrected chi connectivity index (χ4v) is 2.85. The molecule has 0 aliphatic rings. The van der Waals surface area contributed by atoms with Gasteiger partial charge in [-0.25, -0.2) is 13.5 Å². The van der Waals surface area contributed by atoms with Gasteiger partial charge in [0.2, 0.25) is 0 Å². The highest BCUT2D eigenvalue weighted by Crippen LogP contribution is 2.29. The van der Waals surface area contributed by atoms with Crippen LogP contribution < -0.4 is 0 Å². The van der Waals surface area contributed by atoms with Crippen molar-refractivity contribution in [3.8, 4) is 28.2 Å². The molecule has 3 aromatic carbocycles. The van der Waals surface area contributed by atoms with E-state index in [4.69, 9.17) is 5.10 Å². The van der Waals surface area contributed by atoms with E-state index in [0.717, 1.165) is 33.8 Å². The van der Waals surface area contributed by atoms with Gasteiger partial charge in [-0.15, -0.1) is 0 Å². The van der Waals surface area contributed by atoms with Crippen LogP contribution in [-0.2, 0) is 0 Å². The molecule has 0 aliphatic heterocycles. The van der Waals surface area contributed by atoms with E-state index in [-0.39, 0.29) is 11.6 Å². The Kier molecular flexibility index (Phi) is 4.09. The minimum Gasteiger partial charge on any atom is -0.232 e. The van der Waals surface area contributed by atoms with E-state index >= 15 is 0 Å². The molecule has 4 heteroatoms. The third-order valence-corrected chi connectivity index (χ3v) is 4.27. The molecule has 0 unspecified atom stereocenters. The predicted molar refractivity (Wildman–Crippen MR) is 99.1 cm³/mol. The molecule has 0 N–H and O–H groups in total. The van der Waals surface area contributed by atoms with Gasteiger partial charge in [-0.2, -0.15) is 5.10 Å². The minimum absolute atomic E-state index is 0.283. The van der Waals surface area contributed by atoms with Crippen LogP contribution in [0.2, 0.25) is 0 Å². The Hall–Kier alpha value is -3.27. The molecule has 4 aromatic rings. The molecule has 0 atom stereocenters. The van der Waals surface area contributed by atoms with Gasteiger partial charge < -0.3 is 0 Å². The van der Waals surface area contributed by atoms with Crippen LogP contribution in [0.4, 0.5) is 8.78 Å². The standard InChI is InChI=1S/C22H16F2N2/c1-15-2-12-20(13-3-15)26-22(17-6-10-19(24)11-7-17)14-21(25-26)16-4-8-18(23)9-5-16/h2-14H,1H3. The summed E-state index contributed by atoms with van der Waals surface area (Å²) in [5.41, 5.74) is 5.30. The van der Waals surface area contributed by atoms with E-state index in [9.17, 15) is 8.78 Å². The first-order valence-corrected chi connectivity index (χ1v) is 8.29. The molecule has 0 saturated carbocycles. The third-order valence-electron chi connectivity index (χ3n) is 4.27. The molecule has 0 amide bonds. The second-order valence-corrected chi connectivity index (χ2v) is 6.18. The molecular weight excluding hydrogens is 330 g/mol. The number of nitrogens with zero attached hydrogens (tertiary/aromatic N) is 2. The summed E-state index contributed by atoms with van der Waals surface area (Å²) in [6.07, 6.45) is 0. The number of halogens is 2. The largest absolute Gasteiger partial charge is 0.232 e. The van der Waals surface area contributed by atoms with Gasteiger partial charge in [-0.3, -0.25) is 0 Å². The van der Waals surface area contributed by atoms with Crippen LogP contribution in [0.5, 0.6) is 0 Å². The molecule has 2 nitrogen and oxygen atoms in total. The number of rotatable bonds is 3. The SMILES string of the molecule is Cc1ccc(-n2nc(-c3ccc(F)cc3)cc2-c2ccc(F)cc2)cc1. The molecule has 0 saturated heterocycles. The van der Waals surface area contributed by atoms with Crippen molar-refractivity contribution >= 4 is 0 Å². The first kappa shape index (κ1) is 16.2. The third kappa shape index (κ3) is 3.14. The fourth-order valence-electron chi connectivity index (χ4n) is 2.85. The van der Waals surface area contributed by atoms with Crippen molar-refractivity contribution in [1.82, 2.24) is 9.78 Å². The maximum Gasteiger partial charge on any atom is 0.123 e. The zero-order valence-corrected chi connectivity index (χ0v) is 14.2. The molecule has 1 heterocycles. The fraction of sp³-hybridized carbons (Fsp3) is 0.0455. The number of benzene rings is 3. The van der Waals surface area contributed by atoms with Gasteiger partial charge in [0, 0.05) is 11.1 Å². The summed E-state index contributed by atoms with van der Waals surface area (Å²) in [5, 5.41) is 4.71. The number of hydrogen-bond acceptors (Lipinski definition) is 1. The number of aromatic nitrogens is 2. The zero-order chi connectivity index (χ0) is 18.1. The van der Waals surface area contributed by atoms with Crippen molar-refractivity contribution in [3.05, 3.63) is 96.1 Å². The van der Waals surface area contributed by atoms with Crippen LogP contribution in [0.25, 0.3) is 28.2 Å². The summed E-state index contributed by atoms with van der Waals surface area (Å²) in [4.78, 5) is 0. The second kappa shape index (κ2) is 6.56. The van der Waals surface area contributed by atoms with Crippen molar-refractivity contribution in [2.75, 3.05) is 0 Å². The van der Waals surface area contributed by atoms with Crippen molar-refractivity contribution < 1.29 is 8.78 Å². The first-order chi connectivity index (χ1) is 12.6. The summed E-state index contributed by atoms with van der Waals surface area (Å²) in [7, 11) is 0. The zero-order valence-electron chi connectivity index (χ0n) is 14.2. The lowest BCUT2D eigenvalue weighted by molar-refractivity contribution is 0.627. The van der Waals surface area contributed by atoms with E-state index in [2.05, 4.69) is 0 Å². The summed E-state index contributed by atoms with van der Waals surface area (Å²) < 4.78 is 28.4. The normalized spacial score (nSPS) is 10.9. The highest BCUT2D eigenvalue weighted by molar-refractivity contribution is 5.70. The van der Waals surface area contributed by atoms with E-state index in [1.54, 1.807) is 24.3 Å². The Labute approximate surface area is 150 Å². The quantitative estimate of drug-likeness (QED) is 0.459. The Morgan fingerprint density at radius 2 is 1.23 bits per heavy atom. The van der Waals surface area contributed by atoms with E-state index < -0.39 is 0 Å². The molecule has 4 rings (SSSR count). The van der Waals surface area contributed by atoms with E-state index in [1.807, 2.05) is 41.9 Å². The Morgan fingerprint density at radius 1 is 0.692 bits per heavy atom.